The smallest absolute Gasteiger partial charge is 0.318 e. The van der Waals surface area contributed by atoms with Gasteiger partial charge in [0.25, 0.3) is 0 Å². The van der Waals surface area contributed by atoms with Crippen LogP contribution in [0.2, 0.25) is 0 Å². The predicted octanol–water partition coefficient (Wildman–Crippen LogP) is 0.566. The van der Waals surface area contributed by atoms with Gasteiger partial charge in [0.2, 0.25) is 10.0 Å². The first-order valence-electron chi connectivity index (χ1n) is 5.76. The number of anilines is 1. The number of hydrogen-bond donors (Lipinski definition) is 3. The molecule has 1 aromatic rings. The first-order chi connectivity index (χ1) is 9.58. The molecule has 0 saturated carbocycles. The van der Waals surface area contributed by atoms with E-state index in [1.165, 1.54) is 18.2 Å². The zero-order chi connectivity index (χ0) is 16.1. The number of sulfonamides is 1. The Balaban J connectivity index is 2.55. The van der Waals surface area contributed by atoms with E-state index in [4.69, 9.17) is 5.14 Å². The molecule has 0 atom stereocenters. The average molecular weight is 325 g/mol. The van der Waals surface area contributed by atoms with Crippen LogP contribution in [0.5, 0.6) is 0 Å². The molecular weight excluding hydrogens is 311 g/mol. The van der Waals surface area contributed by atoms with Crippen molar-refractivity contribution in [3.8, 4) is 0 Å². The molecule has 1 aromatic carbocycles. The maximum atomic E-state index is 12.1. The third kappa shape index (κ3) is 7.06. The minimum atomic E-state index is -4.95. The van der Waals surface area contributed by atoms with Crippen LogP contribution in [0.15, 0.2) is 24.3 Å². The third-order valence-electron chi connectivity index (χ3n) is 2.33. The summed E-state index contributed by atoms with van der Waals surface area (Å²) in [6.07, 6.45) is -4.95. The summed E-state index contributed by atoms with van der Waals surface area (Å²) in [5.74, 6) is -2.31. The number of nitrogens with one attached hydrogen (secondary N) is 2. The van der Waals surface area contributed by atoms with Crippen LogP contribution in [-0.2, 0) is 21.4 Å². The number of amides is 1. The van der Waals surface area contributed by atoms with Gasteiger partial charge in [0.1, 0.15) is 0 Å². The van der Waals surface area contributed by atoms with E-state index in [2.05, 4.69) is 5.32 Å². The van der Waals surface area contributed by atoms with Crippen LogP contribution in [0.4, 0.5) is 18.9 Å². The summed E-state index contributed by atoms with van der Waals surface area (Å²) >= 11 is 0. The summed E-state index contributed by atoms with van der Waals surface area (Å²) in [5.41, 5.74) is 0.590. The molecule has 1 rings (SSSR count). The molecule has 4 N–H and O–H groups in total. The molecule has 0 saturated heterocycles. The topological polar surface area (TPSA) is 101 Å². The van der Waals surface area contributed by atoms with Crippen molar-refractivity contribution in [3.05, 3.63) is 29.8 Å². The summed E-state index contributed by atoms with van der Waals surface area (Å²) < 4.78 is 57.7. The zero-order valence-corrected chi connectivity index (χ0v) is 11.6. The molecule has 0 spiro atoms. The zero-order valence-electron chi connectivity index (χ0n) is 10.8. The van der Waals surface area contributed by atoms with Gasteiger partial charge in [0.05, 0.1) is 5.75 Å². The first kappa shape index (κ1) is 17.4. The van der Waals surface area contributed by atoms with E-state index in [0.717, 1.165) is 0 Å². The van der Waals surface area contributed by atoms with Gasteiger partial charge in [-0.1, -0.05) is 12.1 Å². The van der Waals surface area contributed by atoms with E-state index in [-0.39, 0.29) is 24.5 Å². The summed E-state index contributed by atoms with van der Waals surface area (Å²) in [4.78, 5) is 10.8. The van der Waals surface area contributed by atoms with Crippen molar-refractivity contribution < 1.29 is 26.4 Å². The van der Waals surface area contributed by atoms with Crippen LogP contribution in [0.1, 0.15) is 5.56 Å². The van der Waals surface area contributed by atoms with Crippen molar-refractivity contribution in [2.24, 2.45) is 5.14 Å². The molecule has 0 aliphatic heterocycles. The number of carbonyl (C=O) groups excluding carboxylic acids is 1. The number of primary sulfonamides is 1. The van der Waals surface area contributed by atoms with Gasteiger partial charge in [0.15, 0.2) is 0 Å². The second-order valence-corrected chi connectivity index (χ2v) is 5.93. The van der Waals surface area contributed by atoms with E-state index in [0.29, 0.717) is 5.56 Å². The fraction of sp³-hybridized carbons (Fsp3) is 0.364. The fourth-order valence-corrected chi connectivity index (χ4v) is 1.84. The lowest BCUT2D eigenvalue weighted by atomic mass is 10.2. The van der Waals surface area contributed by atoms with E-state index in [1.807, 2.05) is 0 Å². The Labute approximate surface area is 119 Å². The Hall–Kier alpha value is -1.65. The van der Waals surface area contributed by atoms with Gasteiger partial charge in [-0.05, 0) is 17.7 Å². The number of hydrogen-bond acceptors (Lipinski definition) is 4. The maximum absolute atomic E-state index is 12.1. The number of alkyl halides is 3. The standard InChI is InChI=1S/C11H14F3N3O3S/c12-11(13,14)10(18)17-9-3-1-2-8(6-9)7-16-4-5-21(15,19)20/h1-3,6,16H,4-5,7H2,(H,17,18)(H2,15,19,20). The monoisotopic (exact) mass is 325 g/mol. The van der Waals surface area contributed by atoms with Crippen LogP contribution >= 0.6 is 0 Å². The van der Waals surface area contributed by atoms with Crippen LogP contribution < -0.4 is 15.8 Å². The van der Waals surface area contributed by atoms with Gasteiger partial charge in [-0.25, -0.2) is 13.6 Å². The van der Waals surface area contributed by atoms with Gasteiger partial charge < -0.3 is 10.6 Å². The second kappa shape index (κ2) is 6.87. The highest BCUT2D eigenvalue weighted by Gasteiger charge is 2.38. The normalized spacial score (nSPS) is 12.2. The predicted molar refractivity (Wildman–Crippen MR) is 70.8 cm³/mol. The van der Waals surface area contributed by atoms with Crippen LogP contribution in [0, 0.1) is 0 Å². The van der Waals surface area contributed by atoms with E-state index < -0.39 is 22.1 Å². The molecule has 10 heteroatoms. The molecule has 0 aliphatic carbocycles. The number of carbonyl (C=O) groups is 1. The number of rotatable bonds is 6. The lowest BCUT2D eigenvalue weighted by molar-refractivity contribution is -0.167. The maximum Gasteiger partial charge on any atom is 0.471 e. The second-order valence-electron chi connectivity index (χ2n) is 4.20. The number of nitrogens with two attached hydrogens (primary N) is 1. The van der Waals surface area contributed by atoms with Crippen molar-refractivity contribution in [2.75, 3.05) is 17.6 Å². The van der Waals surface area contributed by atoms with Crippen molar-refractivity contribution in [3.63, 3.8) is 0 Å². The highest BCUT2D eigenvalue weighted by atomic mass is 32.2. The van der Waals surface area contributed by atoms with Crippen LogP contribution in [-0.4, -0.2) is 32.8 Å². The lowest BCUT2D eigenvalue weighted by Gasteiger charge is -2.10. The van der Waals surface area contributed by atoms with Crippen LogP contribution in [0.25, 0.3) is 0 Å². The summed E-state index contributed by atoms with van der Waals surface area (Å²) in [6.45, 7) is 0.337. The van der Waals surface area contributed by atoms with Gasteiger partial charge in [-0.15, -0.1) is 0 Å². The van der Waals surface area contributed by atoms with Crippen molar-refractivity contribution >= 4 is 21.6 Å². The molecule has 118 valence electrons. The highest BCUT2D eigenvalue weighted by molar-refractivity contribution is 7.89. The van der Waals surface area contributed by atoms with Gasteiger partial charge >= 0.3 is 12.1 Å². The molecule has 0 bridgehead atoms. The van der Waals surface area contributed by atoms with Crippen molar-refractivity contribution in [2.45, 2.75) is 12.7 Å². The minimum absolute atomic E-state index is 0.00284. The van der Waals surface area contributed by atoms with Crippen molar-refractivity contribution in [1.29, 1.82) is 0 Å². The molecule has 0 radical (unpaired) electrons. The number of halogens is 3. The van der Waals surface area contributed by atoms with E-state index in [1.54, 1.807) is 11.4 Å². The fourth-order valence-electron chi connectivity index (χ4n) is 1.41. The average Bonchev–Trinajstić information content (AvgIpc) is 2.33. The van der Waals surface area contributed by atoms with E-state index in [9.17, 15) is 26.4 Å². The molecule has 0 heterocycles. The largest absolute Gasteiger partial charge is 0.471 e. The molecule has 1 amide bonds. The lowest BCUT2D eigenvalue weighted by Crippen LogP contribution is -2.30. The highest BCUT2D eigenvalue weighted by Crippen LogP contribution is 2.18. The molecule has 0 fully saturated rings. The van der Waals surface area contributed by atoms with E-state index >= 15 is 0 Å². The molecule has 0 unspecified atom stereocenters. The Kier molecular flexibility index (Phi) is 5.70. The van der Waals surface area contributed by atoms with Crippen LogP contribution in [0.3, 0.4) is 0 Å². The molecular formula is C11H14F3N3O3S. The summed E-state index contributed by atoms with van der Waals surface area (Å²) in [5, 5.41) is 9.32. The molecule has 0 aliphatic rings. The van der Waals surface area contributed by atoms with Crippen molar-refractivity contribution in [1.82, 2.24) is 5.32 Å². The minimum Gasteiger partial charge on any atom is -0.318 e. The Morgan fingerprint density at radius 3 is 2.52 bits per heavy atom. The molecule has 0 aromatic heterocycles. The third-order valence-corrected chi connectivity index (χ3v) is 3.11. The van der Waals surface area contributed by atoms with Gasteiger partial charge in [0, 0.05) is 18.8 Å². The van der Waals surface area contributed by atoms with Gasteiger partial charge in [-0.2, -0.15) is 13.2 Å². The SMILES string of the molecule is NS(=O)(=O)CCNCc1cccc(NC(=O)C(F)(F)F)c1. The summed E-state index contributed by atoms with van der Waals surface area (Å²) in [6, 6.07) is 5.76. The Bertz CT molecular complexity index is 602. The first-order valence-corrected chi connectivity index (χ1v) is 7.48. The molecule has 6 nitrogen and oxygen atoms in total. The Morgan fingerprint density at radius 2 is 1.95 bits per heavy atom. The molecule has 21 heavy (non-hydrogen) atoms. The van der Waals surface area contributed by atoms with Gasteiger partial charge in [-0.3, -0.25) is 4.79 Å². The quantitative estimate of drug-likeness (QED) is 0.665. The summed E-state index contributed by atoms with van der Waals surface area (Å²) in [7, 11) is -3.56. The number of benzene rings is 1. The Morgan fingerprint density at radius 1 is 1.29 bits per heavy atom.